The average Bonchev–Trinajstić information content (AvgIpc) is 2.54. The van der Waals surface area contributed by atoms with Crippen molar-refractivity contribution in [2.24, 2.45) is 0 Å². The number of amides is 1. The van der Waals surface area contributed by atoms with E-state index < -0.39 is 0 Å². The molecule has 1 aliphatic rings. The van der Waals surface area contributed by atoms with Gasteiger partial charge >= 0.3 is 0 Å². The number of nitrogens with one attached hydrogen (secondary N) is 2. The quantitative estimate of drug-likeness (QED) is 0.811. The highest BCUT2D eigenvalue weighted by atomic mass is 79.9. The summed E-state index contributed by atoms with van der Waals surface area (Å²) in [5.41, 5.74) is 1.58. The number of hydrogen-bond donors (Lipinski definition) is 2. The molecule has 3 rings (SSSR count). The highest BCUT2D eigenvalue weighted by Crippen LogP contribution is 2.38. The number of fused-ring (bicyclic) bond motifs is 1. The van der Waals surface area contributed by atoms with Gasteiger partial charge in [0.15, 0.2) is 11.5 Å². The lowest BCUT2D eigenvalue weighted by Gasteiger charge is -2.20. The first-order chi connectivity index (χ1) is 11.9. The molecule has 0 radical (unpaired) electrons. The van der Waals surface area contributed by atoms with Crippen LogP contribution in [0, 0.1) is 13.8 Å². The van der Waals surface area contributed by atoms with Crippen LogP contribution in [0.4, 0.5) is 5.69 Å². The number of carbonyl (C=O) groups excluding carboxylic acids is 1. The molecule has 1 aliphatic heterocycles. The first-order valence-electron chi connectivity index (χ1n) is 7.89. The highest BCUT2D eigenvalue weighted by Gasteiger charge is 2.16. The molecular formula is C17H18BrN3O4. The van der Waals surface area contributed by atoms with Gasteiger partial charge in [0.05, 0.1) is 5.69 Å². The van der Waals surface area contributed by atoms with Crippen LogP contribution in [-0.4, -0.2) is 29.1 Å². The van der Waals surface area contributed by atoms with Crippen LogP contribution in [0.5, 0.6) is 11.5 Å². The van der Waals surface area contributed by atoms with E-state index >= 15 is 0 Å². The molecule has 0 saturated heterocycles. The van der Waals surface area contributed by atoms with Gasteiger partial charge in [-0.1, -0.05) is 0 Å². The number of halogens is 1. The van der Waals surface area contributed by atoms with Crippen molar-refractivity contribution in [1.29, 1.82) is 0 Å². The number of aromatic amines is 1. The summed E-state index contributed by atoms with van der Waals surface area (Å²) >= 11 is 3.42. The molecule has 0 atom stereocenters. The Morgan fingerprint density at radius 3 is 2.64 bits per heavy atom. The molecule has 1 aromatic carbocycles. The van der Waals surface area contributed by atoms with Crippen LogP contribution in [0.3, 0.4) is 0 Å². The second-order valence-corrected chi connectivity index (χ2v) is 6.59. The number of nitrogens with zero attached hydrogens (tertiary/aromatic N) is 1. The molecule has 0 saturated carbocycles. The Kier molecular flexibility index (Phi) is 5.08. The van der Waals surface area contributed by atoms with E-state index in [9.17, 15) is 9.59 Å². The Bertz CT molecular complexity index is 879. The number of rotatable bonds is 4. The monoisotopic (exact) mass is 407 g/mol. The lowest BCUT2D eigenvalue weighted by Crippen LogP contribution is -2.21. The number of H-pyrrole nitrogens is 1. The molecule has 2 heterocycles. The highest BCUT2D eigenvalue weighted by molar-refractivity contribution is 9.10. The van der Waals surface area contributed by atoms with Gasteiger partial charge in [-0.25, -0.2) is 4.98 Å². The number of benzene rings is 1. The van der Waals surface area contributed by atoms with E-state index in [0.29, 0.717) is 58.4 Å². The standard InChI is InChI=1S/C17H18BrN3O4/c1-9-11(17(23)20-10(2)19-9)3-4-16(22)21-13-8-15-14(7-12(13)18)24-5-6-25-15/h7-8H,3-6H2,1-2H3,(H,21,22)(H,19,20,23). The maximum atomic E-state index is 12.3. The topological polar surface area (TPSA) is 93.3 Å². The van der Waals surface area contributed by atoms with Crippen LogP contribution < -0.4 is 20.3 Å². The predicted molar refractivity (Wildman–Crippen MR) is 96.4 cm³/mol. The fourth-order valence-electron chi connectivity index (χ4n) is 2.66. The van der Waals surface area contributed by atoms with Crippen LogP contribution in [0.1, 0.15) is 23.5 Å². The third kappa shape index (κ3) is 4.01. The molecule has 0 aliphatic carbocycles. The van der Waals surface area contributed by atoms with Crippen molar-refractivity contribution in [3.8, 4) is 11.5 Å². The van der Waals surface area contributed by atoms with Crippen LogP contribution in [-0.2, 0) is 11.2 Å². The summed E-state index contributed by atoms with van der Waals surface area (Å²) in [7, 11) is 0. The van der Waals surface area contributed by atoms with E-state index in [-0.39, 0.29) is 17.9 Å². The van der Waals surface area contributed by atoms with Crippen LogP contribution in [0.25, 0.3) is 0 Å². The minimum atomic E-state index is -0.197. The van der Waals surface area contributed by atoms with Gasteiger partial charge in [0.2, 0.25) is 5.91 Å². The average molecular weight is 408 g/mol. The summed E-state index contributed by atoms with van der Waals surface area (Å²) in [6, 6.07) is 3.49. The third-order valence-corrected chi connectivity index (χ3v) is 4.50. The number of aryl methyl sites for hydroxylation is 2. The molecule has 132 valence electrons. The molecule has 8 heteroatoms. The van der Waals surface area contributed by atoms with Crippen LogP contribution in [0.15, 0.2) is 21.4 Å². The molecule has 2 N–H and O–H groups in total. The number of hydrogen-bond acceptors (Lipinski definition) is 5. The van der Waals surface area contributed by atoms with Gasteiger partial charge in [-0.15, -0.1) is 0 Å². The van der Waals surface area contributed by atoms with Gasteiger partial charge in [-0.05, 0) is 36.2 Å². The number of aromatic nitrogens is 2. The van der Waals surface area contributed by atoms with Crippen LogP contribution >= 0.6 is 15.9 Å². The van der Waals surface area contributed by atoms with E-state index in [1.54, 1.807) is 26.0 Å². The molecule has 0 fully saturated rings. The lowest BCUT2D eigenvalue weighted by molar-refractivity contribution is -0.116. The molecule has 1 aromatic heterocycles. The van der Waals surface area contributed by atoms with Crippen LogP contribution in [0.2, 0.25) is 0 Å². The lowest BCUT2D eigenvalue weighted by atomic mass is 10.1. The molecule has 0 bridgehead atoms. The molecule has 25 heavy (non-hydrogen) atoms. The number of carbonyl (C=O) groups is 1. The zero-order valence-corrected chi connectivity index (χ0v) is 15.5. The second kappa shape index (κ2) is 7.26. The zero-order chi connectivity index (χ0) is 18.0. The van der Waals surface area contributed by atoms with Crippen molar-refractivity contribution < 1.29 is 14.3 Å². The Morgan fingerprint density at radius 1 is 1.28 bits per heavy atom. The van der Waals surface area contributed by atoms with Gasteiger partial charge < -0.3 is 19.8 Å². The summed E-state index contributed by atoms with van der Waals surface area (Å²) in [6.45, 7) is 4.48. The summed E-state index contributed by atoms with van der Waals surface area (Å²) in [4.78, 5) is 31.1. The molecule has 1 amide bonds. The fraction of sp³-hybridized carbons (Fsp3) is 0.353. The number of anilines is 1. The van der Waals surface area contributed by atoms with Crippen molar-refractivity contribution in [3.63, 3.8) is 0 Å². The van der Waals surface area contributed by atoms with Gasteiger partial charge in [0, 0.05) is 34.3 Å². The second-order valence-electron chi connectivity index (χ2n) is 5.74. The van der Waals surface area contributed by atoms with E-state index in [0.717, 1.165) is 0 Å². The van der Waals surface area contributed by atoms with E-state index in [1.165, 1.54) is 0 Å². The maximum absolute atomic E-state index is 12.3. The van der Waals surface area contributed by atoms with Gasteiger partial charge in [-0.2, -0.15) is 0 Å². The molecule has 0 unspecified atom stereocenters. The minimum absolute atomic E-state index is 0.176. The van der Waals surface area contributed by atoms with Crippen molar-refractivity contribution in [3.05, 3.63) is 44.0 Å². The summed E-state index contributed by atoms with van der Waals surface area (Å²) in [5.74, 6) is 1.61. The van der Waals surface area contributed by atoms with Crippen molar-refractivity contribution in [2.75, 3.05) is 18.5 Å². The summed E-state index contributed by atoms with van der Waals surface area (Å²) < 4.78 is 11.7. The summed E-state index contributed by atoms with van der Waals surface area (Å²) in [6.07, 6.45) is 0.498. The third-order valence-electron chi connectivity index (χ3n) is 3.85. The number of ether oxygens (including phenoxy) is 2. The summed E-state index contributed by atoms with van der Waals surface area (Å²) in [5, 5.41) is 2.83. The molecule has 0 spiro atoms. The van der Waals surface area contributed by atoms with Crippen molar-refractivity contribution >= 4 is 27.5 Å². The van der Waals surface area contributed by atoms with Crippen molar-refractivity contribution in [2.45, 2.75) is 26.7 Å². The van der Waals surface area contributed by atoms with Gasteiger partial charge in [0.25, 0.3) is 5.56 Å². The van der Waals surface area contributed by atoms with E-state index in [4.69, 9.17) is 9.47 Å². The molecular weight excluding hydrogens is 390 g/mol. The Balaban J connectivity index is 1.68. The van der Waals surface area contributed by atoms with Gasteiger partial charge in [-0.3, -0.25) is 9.59 Å². The van der Waals surface area contributed by atoms with Gasteiger partial charge in [0.1, 0.15) is 19.0 Å². The Hall–Kier alpha value is -2.35. The van der Waals surface area contributed by atoms with Crippen molar-refractivity contribution in [1.82, 2.24) is 9.97 Å². The largest absolute Gasteiger partial charge is 0.486 e. The normalized spacial score (nSPS) is 12.8. The molecule has 7 nitrogen and oxygen atoms in total. The predicted octanol–water partition coefficient (Wildman–Crippen LogP) is 2.49. The maximum Gasteiger partial charge on any atom is 0.254 e. The smallest absolute Gasteiger partial charge is 0.254 e. The van der Waals surface area contributed by atoms with E-state index in [1.807, 2.05) is 0 Å². The fourth-order valence-corrected chi connectivity index (χ4v) is 3.08. The molecule has 2 aromatic rings. The van der Waals surface area contributed by atoms with E-state index in [2.05, 4.69) is 31.2 Å². The minimum Gasteiger partial charge on any atom is -0.486 e. The first-order valence-corrected chi connectivity index (χ1v) is 8.68. The Labute approximate surface area is 152 Å². The first kappa shape index (κ1) is 17.5. The SMILES string of the molecule is Cc1nc(C)c(CCC(=O)Nc2cc3c(cc2Br)OCCO3)c(=O)[nH]1. The Morgan fingerprint density at radius 2 is 1.96 bits per heavy atom. The zero-order valence-electron chi connectivity index (χ0n) is 13.9.